The smallest absolute Gasteiger partial charge is 0.310 e. The maximum absolute atomic E-state index is 11.6. The molecule has 3 nitrogen and oxygen atoms in total. The first-order chi connectivity index (χ1) is 8.35. The van der Waals surface area contributed by atoms with Crippen LogP contribution in [0.3, 0.4) is 0 Å². The minimum absolute atomic E-state index is 0.453. The second-order valence-electron chi connectivity index (χ2n) is 6.15. The van der Waals surface area contributed by atoms with Crippen molar-refractivity contribution in [1.82, 2.24) is 0 Å². The van der Waals surface area contributed by atoms with E-state index in [1.54, 1.807) is 0 Å². The maximum Gasteiger partial charge on any atom is 0.310 e. The van der Waals surface area contributed by atoms with Crippen molar-refractivity contribution in [2.75, 3.05) is 6.61 Å². The molecule has 0 amide bonds. The van der Waals surface area contributed by atoms with Gasteiger partial charge in [0, 0.05) is 0 Å². The molecule has 100 valence electrons. The van der Waals surface area contributed by atoms with Crippen molar-refractivity contribution in [2.24, 2.45) is 5.41 Å². The van der Waals surface area contributed by atoms with E-state index in [9.17, 15) is 9.90 Å². The number of fused-ring (bicyclic) bond motifs is 2. The summed E-state index contributed by atoms with van der Waals surface area (Å²) in [5.41, 5.74) is 1.16. The number of hydrogen-bond acceptors (Lipinski definition) is 2. The van der Waals surface area contributed by atoms with E-state index in [1.165, 1.54) is 5.57 Å². The number of carbonyl (C=O) groups is 1. The zero-order valence-corrected chi connectivity index (χ0v) is 11.3. The summed E-state index contributed by atoms with van der Waals surface area (Å²) in [6, 6.07) is 0. The highest BCUT2D eigenvalue weighted by molar-refractivity contribution is 5.76. The number of carboxylic acids is 1. The van der Waals surface area contributed by atoms with Crippen LogP contribution in [-0.2, 0) is 9.53 Å². The molecule has 0 aromatic carbocycles. The molecule has 2 aliphatic carbocycles. The summed E-state index contributed by atoms with van der Waals surface area (Å²) in [6.45, 7) is 8.25. The summed E-state index contributed by atoms with van der Waals surface area (Å²) < 4.78 is 5.90. The summed E-state index contributed by atoms with van der Waals surface area (Å²) >= 11 is 0. The Labute approximate surface area is 109 Å². The van der Waals surface area contributed by atoms with Crippen LogP contribution >= 0.6 is 0 Å². The highest BCUT2D eigenvalue weighted by Crippen LogP contribution is 2.50. The third-order valence-electron chi connectivity index (χ3n) is 4.02. The second-order valence-corrected chi connectivity index (χ2v) is 6.15. The molecule has 0 aliphatic heterocycles. The van der Waals surface area contributed by atoms with E-state index >= 15 is 0 Å². The molecule has 0 radical (unpaired) electrons. The molecular weight excluding hydrogens is 228 g/mol. The number of rotatable bonds is 4. The quantitative estimate of drug-likeness (QED) is 0.779. The van der Waals surface area contributed by atoms with Crippen molar-refractivity contribution in [3.63, 3.8) is 0 Å². The molecule has 2 atom stereocenters. The lowest BCUT2D eigenvalue weighted by Gasteiger charge is -2.45. The van der Waals surface area contributed by atoms with E-state index in [0.29, 0.717) is 19.4 Å². The Kier molecular flexibility index (Phi) is 3.37. The Morgan fingerprint density at radius 1 is 1.61 bits per heavy atom. The number of carboxylic acid groups (broad SMARTS) is 1. The molecule has 18 heavy (non-hydrogen) atoms. The van der Waals surface area contributed by atoms with Crippen LogP contribution in [0, 0.1) is 5.41 Å². The fourth-order valence-electron chi connectivity index (χ4n) is 3.33. The van der Waals surface area contributed by atoms with Crippen LogP contribution in [0.2, 0.25) is 0 Å². The largest absolute Gasteiger partial charge is 0.481 e. The Morgan fingerprint density at radius 2 is 2.33 bits per heavy atom. The Balaban J connectivity index is 2.23. The van der Waals surface area contributed by atoms with Crippen LogP contribution in [-0.4, -0.2) is 23.3 Å². The number of ether oxygens (including phenoxy) is 1. The molecule has 2 rings (SSSR count). The minimum Gasteiger partial charge on any atom is -0.481 e. The lowest BCUT2D eigenvalue weighted by Crippen LogP contribution is -2.46. The van der Waals surface area contributed by atoms with Crippen molar-refractivity contribution >= 4 is 5.97 Å². The summed E-state index contributed by atoms with van der Waals surface area (Å²) in [7, 11) is 0. The molecule has 2 unspecified atom stereocenters. The number of hydrogen-bond donors (Lipinski definition) is 1. The van der Waals surface area contributed by atoms with Gasteiger partial charge >= 0.3 is 5.97 Å². The van der Waals surface area contributed by atoms with Crippen molar-refractivity contribution in [3.05, 3.63) is 23.8 Å². The lowest BCUT2D eigenvalue weighted by molar-refractivity contribution is -0.156. The van der Waals surface area contributed by atoms with Crippen LogP contribution in [0.4, 0.5) is 0 Å². The van der Waals surface area contributed by atoms with E-state index in [0.717, 1.165) is 24.8 Å². The lowest BCUT2D eigenvalue weighted by atomic mass is 9.62. The van der Waals surface area contributed by atoms with Crippen molar-refractivity contribution < 1.29 is 14.6 Å². The standard InChI is InChI=1S/C15H22O3/c1-11(2)9-18-14(3)7-12-5-4-6-15(8-12,10-14)13(16)17/h7H,1,4-6,8-10H2,2-3H3,(H,16,17). The highest BCUT2D eigenvalue weighted by Gasteiger charge is 2.49. The molecule has 0 aromatic heterocycles. The monoisotopic (exact) mass is 250 g/mol. The van der Waals surface area contributed by atoms with Gasteiger partial charge in [-0.2, -0.15) is 0 Å². The predicted molar refractivity (Wildman–Crippen MR) is 70.4 cm³/mol. The Bertz CT molecular complexity index is 410. The van der Waals surface area contributed by atoms with Gasteiger partial charge < -0.3 is 9.84 Å². The maximum atomic E-state index is 11.6. The van der Waals surface area contributed by atoms with Crippen LogP contribution in [0.5, 0.6) is 0 Å². The summed E-state index contributed by atoms with van der Waals surface area (Å²) in [6.07, 6.45) is 6.19. The zero-order valence-electron chi connectivity index (χ0n) is 11.3. The number of aliphatic carboxylic acids is 1. The van der Waals surface area contributed by atoms with Crippen molar-refractivity contribution in [2.45, 2.75) is 51.6 Å². The summed E-state index contributed by atoms with van der Waals surface area (Å²) in [4.78, 5) is 11.6. The molecule has 0 heterocycles. The number of allylic oxidation sites excluding steroid dienone is 1. The van der Waals surface area contributed by atoms with Gasteiger partial charge in [-0.15, -0.1) is 0 Å². The van der Waals surface area contributed by atoms with Crippen LogP contribution in [0.15, 0.2) is 23.8 Å². The fourth-order valence-corrected chi connectivity index (χ4v) is 3.33. The highest BCUT2D eigenvalue weighted by atomic mass is 16.5. The van der Waals surface area contributed by atoms with E-state index < -0.39 is 17.0 Å². The predicted octanol–water partition coefficient (Wildman–Crippen LogP) is 3.31. The van der Waals surface area contributed by atoms with Crippen LogP contribution < -0.4 is 0 Å². The molecule has 2 aliphatic rings. The van der Waals surface area contributed by atoms with Gasteiger partial charge in [-0.1, -0.05) is 23.8 Å². The van der Waals surface area contributed by atoms with Gasteiger partial charge in [-0.05, 0) is 46.0 Å². The van der Waals surface area contributed by atoms with Crippen molar-refractivity contribution in [1.29, 1.82) is 0 Å². The zero-order chi connectivity index (χ0) is 13.4. The molecule has 1 saturated carbocycles. The molecule has 1 fully saturated rings. The van der Waals surface area contributed by atoms with E-state index in [4.69, 9.17) is 4.74 Å². The molecule has 2 bridgehead atoms. The molecule has 0 aromatic rings. The van der Waals surface area contributed by atoms with Crippen LogP contribution in [0.1, 0.15) is 46.0 Å². The van der Waals surface area contributed by atoms with E-state index in [1.807, 2.05) is 13.8 Å². The second kappa shape index (κ2) is 4.54. The topological polar surface area (TPSA) is 46.5 Å². The van der Waals surface area contributed by atoms with Gasteiger partial charge in [-0.3, -0.25) is 4.79 Å². The van der Waals surface area contributed by atoms with Crippen molar-refractivity contribution in [3.8, 4) is 0 Å². The molecule has 1 N–H and O–H groups in total. The van der Waals surface area contributed by atoms with Crippen LogP contribution in [0.25, 0.3) is 0 Å². The van der Waals surface area contributed by atoms with E-state index in [2.05, 4.69) is 12.7 Å². The SMILES string of the molecule is C=C(C)COC1(C)C=C2CCCC(C(=O)O)(C2)C1. The molecule has 0 spiro atoms. The summed E-state index contributed by atoms with van der Waals surface area (Å²) in [5.74, 6) is -0.669. The van der Waals surface area contributed by atoms with Gasteiger partial charge in [0.25, 0.3) is 0 Å². The first kappa shape index (κ1) is 13.3. The normalized spacial score (nSPS) is 34.9. The molecule has 0 saturated heterocycles. The average Bonchev–Trinajstić information content (AvgIpc) is 2.25. The Hall–Kier alpha value is -1.09. The first-order valence-corrected chi connectivity index (χ1v) is 6.58. The minimum atomic E-state index is -0.669. The third kappa shape index (κ3) is 2.51. The fraction of sp³-hybridized carbons (Fsp3) is 0.667. The Morgan fingerprint density at radius 3 is 2.94 bits per heavy atom. The molecule has 3 heteroatoms. The van der Waals surface area contributed by atoms with Gasteiger partial charge in [0.2, 0.25) is 0 Å². The van der Waals surface area contributed by atoms with Gasteiger partial charge in [0.05, 0.1) is 17.6 Å². The molecular formula is C15H22O3. The summed E-state index contributed by atoms with van der Waals surface area (Å²) in [5, 5.41) is 9.55. The third-order valence-corrected chi connectivity index (χ3v) is 4.02. The van der Waals surface area contributed by atoms with Gasteiger partial charge in [-0.25, -0.2) is 0 Å². The van der Waals surface area contributed by atoms with Gasteiger partial charge in [0.1, 0.15) is 0 Å². The van der Waals surface area contributed by atoms with Gasteiger partial charge in [0.15, 0.2) is 0 Å². The first-order valence-electron chi connectivity index (χ1n) is 6.58. The average molecular weight is 250 g/mol. The van der Waals surface area contributed by atoms with E-state index in [-0.39, 0.29) is 0 Å².